The van der Waals surface area contributed by atoms with Crippen molar-refractivity contribution in [3.63, 3.8) is 0 Å². The van der Waals surface area contributed by atoms with Crippen molar-refractivity contribution in [2.24, 2.45) is 0 Å². The Morgan fingerprint density at radius 3 is 2.05 bits per heavy atom. The van der Waals surface area contributed by atoms with Crippen LogP contribution in [0.5, 0.6) is 0 Å². The second-order valence-electron chi connectivity index (χ2n) is 8.97. The van der Waals surface area contributed by atoms with Crippen LogP contribution in [-0.2, 0) is 35.5 Å². The molecule has 1 unspecified atom stereocenters. The van der Waals surface area contributed by atoms with Gasteiger partial charge in [-0.15, -0.1) is 0 Å². The number of benzene rings is 4. The van der Waals surface area contributed by atoms with E-state index in [2.05, 4.69) is 5.32 Å². The molecule has 194 valence electrons. The Morgan fingerprint density at radius 1 is 0.789 bits per heavy atom. The second-order valence-corrected chi connectivity index (χ2v) is 9.81. The molecule has 0 spiro atoms. The zero-order valence-corrected chi connectivity index (χ0v) is 22.1. The van der Waals surface area contributed by atoms with Crippen molar-refractivity contribution >= 4 is 35.0 Å². The predicted molar refractivity (Wildman–Crippen MR) is 149 cm³/mol. The minimum atomic E-state index is -0.815. The highest BCUT2D eigenvalue weighted by molar-refractivity contribution is 6.35. The summed E-state index contributed by atoms with van der Waals surface area (Å²) in [4.78, 5) is 29.0. The molecule has 0 aliphatic rings. The van der Waals surface area contributed by atoms with Crippen LogP contribution in [0.25, 0.3) is 0 Å². The van der Waals surface area contributed by atoms with Gasteiger partial charge in [0.25, 0.3) is 0 Å². The standard InChI is InChI=1S/C31H27Cl2FN2O2/c32-26-14-13-25(28(33)19-26)20-35-31(38)29(17-22-7-3-1-4-8-22)36(21-24-11-15-27(34)16-12-24)30(37)18-23-9-5-2-6-10-23/h1-16,19,29H,17-18,20-21H2,(H,35,38). The maximum absolute atomic E-state index is 13.7. The lowest BCUT2D eigenvalue weighted by Gasteiger charge is -2.32. The first-order chi connectivity index (χ1) is 18.4. The molecule has 4 aromatic carbocycles. The van der Waals surface area contributed by atoms with Crippen molar-refractivity contribution < 1.29 is 14.0 Å². The van der Waals surface area contributed by atoms with E-state index >= 15 is 0 Å². The number of nitrogens with one attached hydrogen (secondary N) is 1. The highest BCUT2D eigenvalue weighted by atomic mass is 35.5. The first-order valence-electron chi connectivity index (χ1n) is 12.2. The number of amides is 2. The lowest BCUT2D eigenvalue weighted by Crippen LogP contribution is -2.50. The molecule has 0 saturated heterocycles. The molecule has 4 aromatic rings. The zero-order valence-electron chi connectivity index (χ0n) is 20.6. The highest BCUT2D eigenvalue weighted by Gasteiger charge is 2.30. The smallest absolute Gasteiger partial charge is 0.243 e. The van der Waals surface area contributed by atoms with Crippen LogP contribution in [0.4, 0.5) is 4.39 Å². The van der Waals surface area contributed by atoms with Gasteiger partial charge in [0.15, 0.2) is 0 Å². The van der Waals surface area contributed by atoms with E-state index < -0.39 is 6.04 Å². The van der Waals surface area contributed by atoms with E-state index in [1.165, 1.54) is 12.1 Å². The molecule has 0 radical (unpaired) electrons. The predicted octanol–water partition coefficient (Wildman–Crippen LogP) is 6.63. The summed E-state index contributed by atoms with van der Waals surface area (Å²) >= 11 is 12.3. The van der Waals surface area contributed by atoms with Gasteiger partial charge >= 0.3 is 0 Å². The van der Waals surface area contributed by atoms with Crippen molar-refractivity contribution in [2.75, 3.05) is 0 Å². The van der Waals surface area contributed by atoms with Crippen molar-refractivity contribution in [1.29, 1.82) is 0 Å². The molecule has 0 aromatic heterocycles. The molecule has 4 nitrogen and oxygen atoms in total. The molecule has 0 aliphatic carbocycles. The summed E-state index contributed by atoms with van der Waals surface area (Å²) in [6.07, 6.45) is 0.437. The zero-order chi connectivity index (χ0) is 26.9. The molecular formula is C31H27Cl2FN2O2. The minimum Gasteiger partial charge on any atom is -0.350 e. The number of carbonyl (C=O) groups is 2. The van der Waals surface area contributed by atoms with Gasteiger partial charge in [-0.3, -0.25) is 9.59 Å². The van der Waals surface area contributed by atoms with E-state index in [1.54, 1.807) is 35.2 Å². The number of carbonyl (C=O) groups excluding carboxylic acids is 2. The molecular weight excluding hydrogens is 522 g/mol. The summed E-state index contributed by atoms with van der Waals surface area (Å²) in [5.41, 5.74) is 3.19. The Bertz CT molecular complexity index is 1370. The average molecular weight is 549 g/mol. The maximum atomic E-state index is 13.7. The highest BCUT2D eigenvalue weighted by Crippen LogP contribution is 2.22. The third kappa shape index (κ3) is 7.67. The molecule has 0 bridgehead atoms. The number of rotatable bonds is 10. The molecule has 38 heavy (non-hydrogen) atoms. The van der Waals surface area contributed by atoms with Gasteiger partial charge in [-0.1, -0.05) is 102 Å². The summed E-state index contributed by atoms with van der Waals surface area (Å²) in [6.45, 7) is 0.329. The van der Waals surface area contributed by atoms with Crippen molar-refractivity contribution in [2.45, 2.75) is 32.0 Å². The average Bonchev–Trinajstić information content (AvgIpc) is 2.92. The van der Waals surface area contributed by atoms with Crippen LogP contribution in [0.1, 0.15) is 22.3 Å². The van der Waals surface area contributed by atoms with E-state index in [4.69, 9.17) is 23.2 Å². The Balaban J connectivity index is 1.64. The van der Waals surface area contributed by atoms with E-state index in [-0.39, 0.29) is 37.1 Å². The summed E-state index contributed by atoms with van der Waals surface area (Å²) < 4.78 is 13.6. The first kappa shape index (κ1) is 27.4. The fourth-order valence-electron chi connectivity index (χ4n) is 4.18. The van der Waals surface area contributed by atoms with Crippen molar-refractivity contribution in [3.05, 3.63) is 141 Å². The van der Waals surface area contributed by atoms with Gasteiger partial charge in [0.1, 0.15) is 11.9 Å². The molecule has 0 fully saturated rings. The quantitative estimate of drug-likeness (QED) is 0.241. The van der Waals surface area contributed by atoms with Gasteiger partial charge in [-0.05, 0) is 46.5 Å². The molecule has 0 aliphatic heterocycles. The van der Waals surface area contributed by atoms with Crippen LogP contribution in [0.15, 0.2) is 103 Å². The van der Waals surface area contributed by atoms with Gasteiger partial charge in [-0.25, -0.2) is 4.39 Å². The molecule has 4 rings (SSSR count). The largest absolute Gasteiger partial charge is 0.350 e. The molecule has 1 N–H and O–H groups in total. The van der Waals surface area contributed by atoms with E-state index in [1.807, 2.05) is 60.7 Å². The first-order valence-corrected chi connectivity index (χ1v) is 13.0. The number of hydrogen-bond donors (Lipinski definition) is 1. The van der Waals surface area contributed by atoms with Crippen LogP contribution in [-0.4, -0.2) is 22.8 Å². The van der Waals surface area contributed by atoms with Crippen molar-refractivity contribution in [1.82, 2.24) is 10.2 Å². The van der Waals surface area contributed by atoms with E-state index in [9.17, 15) is 14.0 Å². The Labute approximate surface area is 232 Å². The lowest BCUT2D eigenvalue weighted by atomic mass is 10.0. The van der Waals surface area contributed by atoms with Crippen molar-refractivity contribution in [3.8, 4) is 0 Å². The third-order valence-electron chi connectivity index (χ3n) is 6.20. The van der Waals surface area contributed by atoms with Crippen LogP contribution < -0.4 is 5.32 Å². The van der Waals surface area contributed by atoms with E-state index in [0.29, 0.717) is 22.0 Å². The van der Waals surface area contributed by atoms with Gasteiger partial charge in [0, 0.05) is 29.6 Å². The Kier molecular flexibility index (Phi) is 9.52. The maximum Gasteiger partial charge on any atom is 0.243 e. The fourth-order valence-corrected chi connectivity index (χ4v) is 4.65. The fraction of sp³-hybridized carbons (Fsp3) is 0.161. The lowest BCUT2D eigenvalue weighted by molar-refractivity contribution is -0.140. The number of nitrogens with zero attached hydrogens (tertiary/aromatic N) is 1. The van der Waals surface area contributed by atoms with E-state index in [0.717, 1.165) is 16.7 Å². The molecule has 7 heteroatoms. The second kappa shape index (κ2) is 13.2. The van der Waals surface area contributed by atoms with Gasteiger partial charge in [0.2, 0.25) is 11.8 Å². The molecule has 0 heterocycles. The molecule has 2 amide bonds. The van der Waals surface area contributed by atoms with Gasteiger partial charge in [0.05, 0.1) is 6.42 Å². The van der Waals surface area contributed by atoms with Gasteiger partial charge < -0.3 is 10.2 Å². The SMILES string of the molecule is O=C(NCc1ccc(Cl)cc1Cl)C(Cc1ccccc1)N(Cc1ccc(F)cc1)C(=O)Cc1ccccc1. The molecule has 0 saturated carbocycles. The normalized spacial score (nSPS) is 11.6. The molecule has 1 atom stereocenters. The summed E-state index contributed by atoms with van der Waals surface area (Å²) in [5.74, 6) is -0.890. The summed E-state index contributed by atoms with van der Waals surface area (Å²) in [5, 5.41) is 3.90. The van der Waals surface area contributed by atoms with Crippen LogP contribution >= 0.6 is 23.2 Å². The third-order valence-corrected chi connectivity index (χ3v) is 6.79. The van der Waals surface area contributed by atoms with Crippen LogP contribution in [0.3, 0.4) is 0 Å². The summed E-state index contributed by atoms with van der Waals surface area (Å²) in [7, 11) is 0. The Morgan fingerprint density at radius 2 is 1.42 bits per heavy atom. The number of hydrogen-bond acceptors (Lipinski definition) is 2. The van der Waals surface area contributed by atoms with Crippen LogP contribution in [0, 0.1) is 5.82 Å². The topological polar surface area (TPSA) is 49.4 Å². The monoisotopic (exact) mass is 548 g/mol. The van der Waals surface area contributed by atoms with Gasteiger partial charge in [-0.2, -0.15) is 0 Å². The number of halogens is 3. The summed E-state index contributed by atoms with van der Waals surface area (Å²) in [6, 6.07) is 29.2. The minimum absolute atomic E-state index is 0.129. The van der Waals surface area contributed by atoms with Crippen LogP contribution in [0.2, 0.25) is 10.0 Å². The Hall–Kier alpha value is -3.67.